The van der Waals surface area contributed by atoms with Crippen LogP contribution in [-0.2, 0) is 32.3 Å². The highest BCUT2D eigenvalue weighted by molar-refractivity contribution is 7.86. The van der Waals surface area contributed by atoms with E-state index in [2.05, 4.69) is 19.6 Å². The van der Waals surface area contributed by atoms with Gasteiger partial charge in [-0.15, -0.1) is 0 Å². The van der Waals surface area contributed by atoms with Gasteiger partial charge in [0.15, 0.2) is 31.2 Å². The normalized spacial score (nSPS) is 27.1. The number of aliphatic hydroxyl groups excluding tert-OH is 1. The van der Waals surface area contributed by atoms with E-state index >= 15 is 0 Å². The lowest BCUT2D eigenvalue weighted by Gasteiger charge is -2.49. The van der Waals surface area contributed by atoms with Gasteiger partial charge in [-0.1, -0.05) is 17.7 Å². The van der Waals surface area contributed by atoms with Gasteiger partial charge in [0.1, 0.15) is 24.4 Å². The molecule has 1 N–H and O–H groups in total. The summed E-state index contributed by atoms with van der Waals surface area (Å²) in [6.45, 7) is 19.9. The van der Waals surface area contributed by atoms with Crippen molar-refractivity contribution >= 4 is 35.1 Å². The molecule has 1 heterocycles. The first-order valence-corrected chi connectivity index (χ1v) is 23.2. The maximum atomic E-state index is 12.8. The van der Waals surface area contributed by atoms with Gasteiger partial charge in [-0.3, -0.25) is 4.18 Å². The van der Waals surface area contributed by atoms with Crippen LogP contribution in [-0.4, -0.2) is 75.8 Å². The minimum atomic E-state index is -4.02. The Morgan fingerprint density at radius 3 is 1.71 bits per heavy atom. The summed E-state index contributed by atoms with van der Waals surface area (Å²) < 4.78 is 56.2. The van der Waals surface area contributed by atoms with Crippen LogP contribution in [0.2, 0.25) is 58.9 Å². The fourth-order valence-electron chi connectivity index (χ4n) is 3.59. The molecule has 0 aromatic heterocycles. The highest BCUT2D eigenvalue weighted by Crippen LogP contribution is 2.33. The average molecular weight is 551 g/mol. The quantitative estimate of drug-likeness (QED) is 0.344. The topological polar surface area (TPSA) is 101 Å². The number of hydrogen-bond acceptors (Lipinski definition) is 8. The molecule has 196 valence electrons. The first kappa shape index (κ1) is 29.8. The van der Waals surface area contributed by atoms with Gasteiger partial charge in [-0.25, -0.2) is 0 Å². The standard InChI is InChI=1S/C22H42O8SSi3/c1-16-11-13-17(14-12-16)31(24,25)26-15-18-19(28-32(2,3)4)20(29-33(5,6)7)21(22(23)27-18)30-34(8,9)10/h11-14,18-23H,15H2,1-10H3/t18-,19-,20+,21-,22+/m1/s1. The summed E-state index contributed by atoms with van der Waals surface area (Å²) in [5, 5.41) is 10.9. The molecule has 1 aromatic carbocycles. The van der Waals surface area contributed by atoms with E-state index in [9.17, 15) is 13.5 Å². The van der Waals surface area contributed by atoms with E-state index < -0.39 is 65.8 Å². The van der Waals surface area contributed by atoms with E-state index in [0.29, 0.717) is 0 Å². The highest BCUT2D eigenvalue weighted by atomic mass is 32.2. The van der Waals surface area contributed by atoms with Gasteiger partial charge >= 0.3 is 0 Å². The third-order valence-electron chi connectivity index (χ3n) is 4.78. The Hall–Kier alpha value is -0.419. The molecule has 1 saturated heterocycles. The van der Waals surface area contributed by atoms with Crippen molar-refractivity contribution in [3.8, 4) is 0 Å². The average Bonchev–Trinajstić information content (AvgIpc) is 2.63. The number of ether oxygens (including phenoxy) is 1. The second-order valence-electron chi connectivity index (χ2n) is 11.7. The smallest absolute Gasteiger partial charge is 0.297 e. The van der Waals surface area contributed by atoms with Gasteiger partial charge in [0.05, 0.1) is 11.5 Å². The Labute approximate surface area is 208 Å². The zero-order valence-corrected chi connectivity index (χ0v) is 25.9. The van der Waals surface area contributed by atoms with Crippen LogP contribution in [0.15, 0.2) is 29.2 Å². The van der Waals surface area contributed by atoms with Crippen LogP contribution >= 0.6 is 0 Å². The summed E-state index contributed by atoms with van der Waals surface area (Å²) in [6.07, 6.45) is -4.18. The summed E-state index contributed by atoms with van der Waals surface area (Å²) in [7, 11) is -10.4. The van der Waals surface area contributed by atoms with Crippen molar-refractivity contribution in [3.63, 3.8) is 0 Å². The van der Waals surface area contributed by atoms with E-state index in [0.717, 1.165) is 5.56 Å². The van der Waals surface area contributed by atoms with E-state index in [1.165, 1.54) is 12.1 Å². The molecule has 0 saturated carbocycles. The van der Waals surface area contributed by atoms with Crippen molar-refractivity contribution in [1.29, 1.82) is 0 Å². The van der Waals surface area contributed by atoms with Gasteiger partial charge in [0.25, 0.3) is 10.1 Å². The van der Waals surface area contributed by atoms with Crippen molar-refractivity contribution in [2.24, 2.45) is 0 Å². The second-order valence-corrected chi connectivity index (χ2v) is 26.7. The predicted molar refractivity (Wildman–Crippen MR) is 140 cm³/mol. The van der Waals surface area contributed by atoms with Crippen LogP contribution in [0, 0.1) is 6.92 Å². The predicted octanol–water partition coefficient (Wildman–Crippen LogP) is 4.08. The van der Waals surface area contributed by atoms with Crippen LogP contribution in [0.5, 0.6) is 0 Å². The molecule has 0 bridgehead atoms. The summed E-state index contributed by atoms with van der Waals surface area (Å²) in [5.74, 6) is 0. The fraction of sp³-hybridized carbons (Fsp3) is 0.727. The summed E-state index contributed by atoms with van der Waals surface area (Å²) in [4.78, 5) is 0.0620. The minimum absolute atomic E-state index is 0.0620. The molecule has 1 aliphatic heterocycles. The lowest BCUT2D eigenvalue weighted by molar-refractivity contribution is -0.274. The number of aliphatic hydroxyl groups is 1. The lowest BCUT2D eigenvalue weighted by atomic mass is 9.99. The number of aryl methyl sites for hydroxylation is 1. The molecular formula is C22H42O8SSi3. The molecule has 1 aromatic rings. The van der Waals surface area contributed by atoms with Crippen LogP contribution in [0.3, 0.4) is 0 Å². The molecule has 0 radical (unpaired) electrons. The lowest BCUT2D eigenvalue weighted by Crippen LogP contribution is -2.65. The highest BCUT2D eigenvalue weighted by Gasteiger charge is 2.51. The van der Waals surface area contributed by atoms with Gasteiger partial charge < -0.3 is 23.1 Å². The zero-order chi connectivity index (χ0) is 26.1. The first-order chi connectivity index (χ1) is 15.3. The Bertz CT molecular complexity index is 904. The first-order valence-electron chi connectivity index (χ1n) is 11.6. The molecule has 0 aliphatic carbocycles. The third kappa shape index (κ3) is 9.23. The van der Waals surface area contributed by atoms with Gasteiger partial charge in [0.2, 0.25) is 0 Å². The van der Waals surface area contributed by atoms with Gasteiger partial charge in [0, 0.05) is 0 Å². The Morgan fingerprint density at radius 1 is 0.794 bits per heavy atom. The SMILES string of the molecule is Cc1ccc(S(=O)(=O)OC[C@H]2O[C@H](O)[C@H](O[Si](C)(C)C)[C@@H](O[Si](C)(C)C)[C@@H]2O[Si](C)(C)C)cc1. The maximum Gasteiger partial charge on any atom is 0.297 e. The van der Waals surface area contributed by atoms with E-state index in [1.54, 1.807) is 12.1 Å². The fourth-order valence-corrected chi connectivity index (χ4v) is 7.76. The van der Waals surface area contributed by atoms with Crippen molar-refractivity contribution in [2.45, 2.75) is 101 Å². The van der Waals surface area contributed by atoms with Gasteiger partial charge in [-0.05, 0) is 78.0 Å². The molecule has 5 atom stereocenters. The molecule has 1 aliphatic rings. The van der Waals surface area contributed by atoms with E-state index in [4.69, 9.17) is 22.2 Å². The monoisotopic (exact) mass is 550 g/mol. The van der Waals surface area contributed by atoms with E-state index in [1.807, 2.05) is 46.2 Å². The number of rotatable bonds is 10. The van der Waals surface area contributed by atoms with Crippen LogP contribution in [0.25, 0.3) is 0 Å². The molecule has 0 unspecified atom stereocenters. The van der Waals surface area contributed by atoms with Crippen molar-refractivity contribution in [3.05, 3.63) is 29.8 Å². The van der Waals surface area contributed by atoms with Crippen LogP contribution < -0.4 is 0 Å². The van der Waals surface area contributed by atoms with E-state index in [-0.39, 0.29) is 11.5 Å². The maximum absolute atomic E-state index is 12.8. The Kier molecular flexibility index (Phi) is 9.56. The molecule has 0 amide bonds. The zero-order valence-electron chi connectivity index (χ0n) is 22.1. The Morgan fingerprint density at radius 2 is 1.24 bits per heavy atom. The molecule has 12 heteroatoms. The molecule has 34 heavy (non-hydrogen) atoms. The molecule has 8 nitrogen and oxygen atoms in total. The minimum Gasteiger partial charge on any atom is -0.409 e. The van der Waals surface area contributed by atoms with Crippen LogP contribution in [0.4, 0.5) is 0 Å². The largest absolute Gasteiger partial charge is 0.409 e. The van der Waals surface area contributed by atoms with Crippen LogP contribution in [0.1, 0.15) is 5.56 Å². The molecule has 1 fully saturated rings. The van der Waals surface area contributed by atoms with Crippen molar-refractivity contribution < 1.29 is 35.7 Å². The third-order valence-corrected chi connectivity index (χ3v) is 9.01. The van der Waals surface area contributed by atoms with Crippen molar-refractivity contribution in [2.75, 3.05) is 6.61 Å². The Balaban J connectivity index is 2.38. The van der Waals surface area contributed by atoms with Gasteiger partial charge in [-0.2, -0.15) is 8.42 Å². The summed E-state index contributed by atoms with van der Waals surface area (Å²) in [5.41, 5.74) is 0.945. The number of hydrogen-bond donors (Lipinski definition) is 1. The summed E-state index contributed by atoms with van der Waals surface area (Å²) in [6, 6.07) is 6.44. The number of benzene rings is 1. The van der Waals surface area contributed by atoms with Crippen molar-refractivity contribution in [1.82, 2.24) is 0 Å². The summed E-state index contributed by atoms with van der Waals surface area (Å²) >= 11 is 0. The molecule has 2 rings (SSSR count). The molecular weight excluding hydrogens is 509 g/mol. The second kappa shape index (κ2) is 10.9. The molecule has 0 spiro atoms.